The number of nitrogens with one attached hydrogen (secondary N) is 1. The van der Waals surface area contributed by atoms with Crippen molar-refractivity contribution in [3.8, 4) is 0 Å². The number of carbonyl (C=O) groups is 1. The van der Waals surface area contributed by atoms with Crippen LogP contribution in [0, 0.1) is 5.92 Å². The van der Waals surface area contributed by atoms with E-state index < -0.39 is 0 Å². The molecule has 21 heavy (non-hydrogen) atoms. The number of hydrogen-bond donors (Lipinski definition) is 1. The quantitative estimate of drug-likeness (QED) is 0.932. The van der Waals surface area contributed by atoms with Gasteiger partial charge in [-0.25, -0.2) is 0 Å². The van der Waals surface area contributed by atoms with E-state index in [2.05, 4.69) is 34.3 Å². The van der Waals surface area contributed by atoms with E-state index in [-0.39, 0.29) is 17.4 Å². The Kier molecular flexibility index (Phi) is 4.86. The summed E-state index contributed by atoms with van der Waals surface area (Å²) in [6.07, 6.45) is 1.98. The van der Waals surface area contributed by atoms with Crippen molar-refractivity contribution in [1.82, 2.24) is 15.5 Å². The Labute approximate surface area is 131 Å². The molecule has 1 aliphatic heterocycles. The zero-order valence-corrected chi connectivity index (χ0v) is 14.5. The van der Waals surface area contributed by atoms with Crippen LogP contribution in [0.1, 0.15) is 58.4 Å². The van der Waals surface area contributed by atoms with Crippen LogP contribution >= 0.6 is 11.3 Å². The van der Waals surface area contributed by atoms with E-state index >= 15 is 0 Å². The first-order valence-electron chi connectivity index (χ1n) is 7.66. The second-order valence-electron chi connectivity index (χ2n) is 7.10. The Balaban J connectivity index is 2.01. The Hall–Kier alpha value is -1.17. The zero-order chi connectivity index (χ0) is 15.6. The van der Waals surface area contributed by atoms with Crippen LogP contribution in [0.2, 0.25) is 0 Å². The van der Waals surface area contributed by atoms with Gasteiger partial charge in [-0.2, -0.15) is 0 Å². The van der Waals surface area contributed by atoms with E-state index in [1.165, 1.54) is 0 Å². The lowest BCUT2D eigenvalue weighted by Gasteiger charge is -2.33. The SMILES string of the molecule is CC(C)c1nnc(N2CCCC(C(=O)NC(C)(C)C)C2)s1. The molecule has 0 bridgehead atoms. The topological polar surface area (TPSA) is 58.1 Å². The molecule has 1 amide bonds. The molecule has 118 valence electrons. The van der Waals surface area contributed by atoms with Crippen molar-refractivity contribution in [2.45, 2.75) is 58.9 Å². The summed E-state index contributed by atoms with van der Waals surface area (Å²) in [7, 11) is 0. The van der Waals surface area contributed by atoms with Gasteiger partial charge in [0, 0.05) is 24.5 Å². The van der Waals surface area contributed by atoms with E-state index in [1.54, 1.807) is 11.3 Å². The fourth-order valence-electron chi connectivity index (χ4n) is 2.42. The maximum absolute atomic E-state index is 12.3. The summed E-state index contributed by atoms with van der Waals surface area (Å²) in [6.45, 7) is 12.0. The number of hydrogen-bond acceptors (Lipinski definition) is 5. The summed E-state index contributed by atoms with van der Waals surface area (Å²) >= 11 is 1.65. The van der Waals surface area contributed by atoms with Crippen molar-refractivity contribution in [3.63, 3.8) is 0 Å². The van der Waals surface area contributed by atoms with Gasteiger partial charge in [-0.05, 0) is 33.6 Å². The molecule has 1 saturated heterocycles. The summed E-state index contributed by atoms with van der Waals surface area (Å²) in [5.41, 5.74) is -0.174. The molecule has 1 N–H and O–H groups in total. The third kappa shape index (κ3) is 4.40. The van der Waals surface area contributed by atoms with Gasteiger partial charge in [0.2, 0.25) is 11.0 Å². The highest BCUT2D eigenvalue weighted by atomic mass is 32.1. The molecule has 6 heteroatoms. The summed E-state index contributed by atoms with van der Waals surface area (Å²) in [4.78, 5) is 14.5. The van der Waals surface area contributed by atoms with Gasteiger partial charge in [0.05, 0.1) is 5.92 Å². The largest absolute Gasteiger partial charge is 0.351 e. The van der Waals surface area contributed by atoms with Crippen molar-refractivity contribution in [2.75, 3.05) is 18.0 Å². The molecule has 1 aromatic heterocycles. The highest BCUT2D eigenvalue weighted by Gasteiger charge is 2.29. The molecular weight excluding hydrogens is 284 g/mol. The predicted octanol–water partition coefficient (Wildman–Crippen LogP) is 2.79. The molecule has 1 atom stereocenters. The molecule has 0 spiro atoms. The minimum Gasteiger partial charge on any atom is -0.351 e. The normalized spacial score (nSPS) is 19.9. The van der Waals surface area contributed by atoms with Crippen molar-refractivity contribution in [1.29, 1.82) is 0 Å². The maximum Gasteiger partial charge on any atom is 0.225 e. The highest BCUT2D eigenvalue weighted by Crippen LogP contribution is 2.29. The van der Waals surface area contributed by atoms with Gasteiger partial charge in [0.15, 0.2) is 0 Å². The fraction of sp³-hybridized carbons (Fsp3) is 0.800. The standard InChI is InChI=1S/C15H26N4OS/c1-10(2)13-17-18-14(21-13)19-8-6-7-11(9-19)12(20)16-15(3,4)5/h10-11H,6-9H2,1-5H3,(H,16,20). The van der Waals surface area contributed by atoms with Crippen LogP contribution in [0.4, 0.5) is 5.13 Å². The first kappa shape index (κ1) is 16.2. The lowest BCUT2D eigenvalue weighted by molar-refractivity contribution is -0.126. The first-order valence-corrected chi connectivity index (χ1v) is 8.48. The minimum absolute atomic E-state index is 0.0457. The van der Waals surface area contributed by atoms with Crippen molar-refractivity contribution in [2.24, 2.45) is 5.92 Å². The summed E-state index contributed by atoms with van der Waals surface area (Å²) in [5.74, 6) is 0.603. The number of nitrogens with zero attached hydrogens (tertiary/aromatic N) is 3. The first-order chi connectivity index (χ1) is 9.76. The van der Waals surface area contributed by atoms with Gasteiger partial charge < -0.3 is 10.2 Å². The van der Waals surface area contributed by atoms with Crippen molar-refractivity contribution in [3.05, 3.63) is 5.01 Å². The van der Waals surface area contributed by atoms with E-state index in [9.17, 15) is 4.79 Å². The molecule has 5 nitrogen and oxygen atoms in total. The third-order valence-electron chi connectivity index (χ3n) is 3.48. The number of carbonyl (C=O) groups excluding carboxylic acids is 1. The minimum atomic E-state index is -0.174. The molecule has 0 saturated carbocycles. The van der Waals surface area contributed by atoms with Crippen LogP contribution in [-0.4, -0.2) is 34.7 Å². The molecule has 0 aromatic carbocycles. The van der Waals surface area contributed by atoms with Crippen molar-refractivity contribution >= 4 is 22.4 Å². The summed E-state index contributed by atoms with van der Waals surface area (Å²) in [6, 6.07) is 0. The molecule has 1 unspecified atom stereocenters. The Bertz CT molecular complexity index is 492. The van der Waals surface area contributed by atoms with Gasteiger partial charge in [-0.3, -0.25) is 4.79 Å². The average Bonchev–Trinajstić information content (AvgIpc) is 2.86. The maximum atomic E-state index is 12.3. The summed E-state index contributed by atoms with van der Waals surface area (Å²) < 4.78 is 0. The lowest BCUT2D eigenvalue weighted by atomic mass is 9.96. The molecule has 1 aromatic rings. The molecule has 1 fully saturated rings. The molecular formula is C15H26N4OS. The number of anilines is 1. The van der Waals surface area contributed by atoms with Gasteiger partial charge >= 0.3 is 0 Å². The van der Waals surface area contributed by atoms with E-state index in [0.29, 0.717) is 5.92 Å². The molecule has 2 rings (SSSR count). The number of piperidine rings is 1. The third-order valence-corrected chi connectivity index (χ3v) is 4.77. The second-order valence-corrected chi connectivity index (χ2v) is 8.09. The number of rotatable bonds is 3. The number of amides is 1. The molecule has 0 radical (unpaired) electrons. The van der Waals surface area contributed by atoms with Crippen LogP contribution in [0.25, 0.3) is 0 Å². The number of aromatic nitrogens is 2. The smallest absolute Gasteiger partial charge is 0.225 e. The Morgan fingerprint density at radius 1 is 1.38 bits per heavy atom. The summed E-state index contributed by atoms with van der Waals surface area (Å²) in [5, 5.41) is 13.6. The zero-order valence-electron chi connectivity index (χ0n) is 13.6. The van der Waals surface area contributed by atoms with Crippen molar-refractivity contribution < 1.29 is 4.79 Å². The Morgan fingerprint density at radius 2 is 2.10 bits per heavy atom. The van der Waals surface area contributed by atoms with Crippen LogP contribution < -0.4 is 10.2 Å². The van der Waals surface area contributed by atoms with Gasteiger partial charge in [0.25, 0.3) is 0 Å². The van der Waals surface area contributed by atoms with Crippen LogP contribution in [0.15, 0.2) is 0 Å². The Morgan fingerprint density at radius 3 is 2.67 bits per heavy atom. The lowest BCUT2D eigenvalue weighted by Crippen LogP contribution is -2.48. The van der Waals surface area contributed by atoms with E-state index in [4.69, 9.17) is 0 Å². The van der Waals surface area contributed by atoms with Gasteiger partial charge in [-0.1, -0.05) is 25.2 Å². The molecule has 1 aliphatic rings. The van der Waals surface area contributed by atoms with Gasteiger partial charge in [0.1, 0.15) is 5.01 Å². The van der Waals surface area contributed by atoms with E-state index in [0.717, 1.165) is 36.1 Å². The van der Waals surface area contributed by atoms with Crippen LogP contribution in [0.3, 0.4) is 0 Å². The molecule has 2 heterocycles. The van der Waals surface area contributed by atoms with Gasteiger partial charge in [-0.15, -0.1) is 10.2 Å². The average molecular weight is 310 g/mol. The van der Waals surface area contributed by atoms with E-state index in [1.807, 2.05) is 20.8 Å². The monoisotopic (exact) mass is 310 g/mol. The van der Waals surface area contributed by atoms with Crippen LogP contribution in [-0.2, 0) is 4.79 Å². The highest BCUT2D eigenvalue weighted by molar-refractivity contribution is 7.15. The predicted molar refractivity (Wildman–Crippen MR) is 86.8 cm³/mol. The second kappa shape index (κ2) is 6.30. The fourth-order valence-corrected chi connectivity index (χ4v) is 3.31. The van der Waals surface area contributed by atoms with Crippen LogP contribution in [0.5, 0.6) is 0 Å². The molecule has 0 aliphatic carbocycles.